The zero-order chi connectivity index (χ0) is 15.5. The van der Waals surface area contributed by atoms with Gasteiger partial charge in [0.2, 0.25) is 11.8 Å². The van der Waals surface area contributed by atoms with Gasteiger partial charge in [-0.1, -0.05) is 29.8 Å². The lowest BCUT2D eigenvalue weighted by molar-refractivity contribution is -0.155. The van der Waals surface area contributed by atoms with Crippen LogP contribution >= 0.6 is 0 Å². The van der Waals surface area contributed by atoms with Gasteiger partial charge in [0.15, 0.2) is 0 Å². The molecule has 0 radical (unpaired) electrons. The topological polar surface area (TPSA) is 58.6 Å². The van der Waals surface area contributed by atoms with Crippen molar-refractivity contribution in [3.8, 4) is 0 Å². The number of benzene rings is 1. The van der Waals surface area contributed by atoms with Gasteiger partial charge in [0, 0.05) is 13.1 Å². The number of hydrogen-bond acceptors (Lipinski definition) is 3. The second kappa shape index (κ2) is 6.48. The van der Waals surface area contributed by atoms with E-state index in [4.69, 9.17) is 4.74 Å². The first-order valence-electron chi connectivity index (χ1n) is 7.84. The van der Waals surface area contributed by atoms with Crippen molar-refractivity contribution in [2.24, 2.45) is 5.92 Å². The number of rotatable bonds is 5. The zero-order valence-corrected chi connectivity index (χ0v) is 12.9. The van der Waals surface area contributed by atoms with Gasteiger partial charge in [0.05, 0.1) is 6.61 Å². The molecule has 1 N–H and O–H groups in total. The Morgan fingerprint density at radius 2 is 2.05 bits per heavy atom. The van der Waals surface area contributed by atoms with Gasteiger partial charge < -0.3 is 15.0 Å². The van der Waals surface area contributed by atoms with E-state index in [2.05, 4.69) is 5.32 Å². The van der Waals surface area contributed by atoms with Gasteiger partial charge in [-0.15, -0.1) is 0 Å². The molecule has 1 saturated heterocycles. The Morgan fingerprint density at radius 3 is 2.73 bits per heavy atom. The third-order valence-electron chi connectivity index (χ3n) is 4.24. The highest BCUT2D eigenvalue weighted by atomic mass is 16.5. The molecule has 0 spiro atoms. The van der Waals surface area contributed by atoms with E-state index in [1.807, 2.05) is 31.2 Å². The van der Waals surface area contributed by atoms with Crippen molar-refractivity contribution >= 4 is 11.8 Å². The van der Waals surface area contributed by atoms with E-state index in [0.29, 0.717) is 19.0 Å². The van der Waals surface area contributed by atoms with Crippen molar-refractivity contribution in [2.45, 2.75) is 32.4 Å². The molecule has 1 saturated carbocycles. The summed E-state index contributed by atoms with van der Waals surface area (Å²) in [7, 11) is 0. The maximum Gasteiger partial charge on any atom is 0.249 e. The standard InChI is InChI=1S/C17H22N2O3/c1-12-2-4-14(5-3-12)9-19-15(10-22-11-16(19)20)17(21)18-8-13-6-7-13/h2-5,13,15H,6-11H2,1H3,(H,18,21)/t15-/m0/s1. The number of nitrogens with one attached hydrogen (secondary N) is 1. The number of hydrogen-bond donors (Lipinski definition) is 1. The molecular formula is C17H22N2O3. The van der Waals surface area contributed by atoms with Crippen molar-refractivity contribution in [1.29, 1.82) is 0 Å². The first kappa shape index (κ1) is 15.0. The van der Waals surface area contributed by atoms with Crippen LogP contribution in [0, 0.1) is 12.8 Å². The van der Waals surface area contributed by atoms with Crippen molar-refractivity contribution in [2.75, 3.05) is 19.8 Å². The molecule has 0 aromatic heterocycles. The second-order valence-electron chi connectivity index (χ2n) is 6.23. The molecule has 5 heteroatoms. The summed E-state index contributed by atoms with van der Waals surface area (Å²) in [5, 5.41) is 2.95. The highest BCUT2D eigenvalue weighted by Gasteiger charge is 2.34. The number of carbonyl (C=O) groups is 2. The first-order chi connectivity index (χ1) is 10.6. The number of morpholine rings is 1. The minimum atomic E-state index is -0.527. The maximum absolute atomic E-state index is 12.3. The number of amides is 2. The lowest BCUT2D eigenvalue weighted by atomic mass is 10.1. The summed E-state index contributed by atoms with van der Waals surface area (Å²) >= 11 is 0. The molecule has 2 amide bonds. The predicted molar refractivity (Wildman–Crippen MR) is 82.1 cm³/mol. The Balaban J connectivity index is 1.67. The summed E-state index contributed by atoms with van der Waals surface area (Å²) in [5.74, 6) is 0.389. The van der Waals surface area contributed by atoms with E-state index >= 15 is 0 Å². The van der Waals surface area contributed by atoms with E-state index in [1.54, 1.807) is 4.90 Å². The van der Waals surface area contributed by atoms with Gasteiger partial charge in [-0.25, -0.2) is 0 Å². The van der Waals surface area contributed by atoms with E-state index in [1.165, 1.54) is 18.4 Å². The average molecular weight is 302 g/mol. The SMILES string of the molecule is Cc1ccc(CN2C(=O)COC[C@H]2C(=O)NCC2CC2)cc1. The van der Waals surface area contributed by atoms with E-state index in [0.717, 1.165) is 5.56 Å². The minimum Gasteiger partial charge on any atom is -0.369 e. The number of ether oxygens (including phenoxy) is 1. The second-order valence-corrected chi connectivity index (χ2v) is 6.23. The molecule has 1 aromatic carbocycles. The first-order valence-corrected chi connectivity index (χ1v) is 7.84. The molecule has 118 valence electrons. The van der Waals surface area contributed by atoms with Crippen LogP contribution in [0.2, 0.25) is 0 Å². The fraction of sp³-hybridized carbons (Fsp3) is 0.529. The lowest BCUT2D eigenvalue weighted by Crippen LogP contribution is -2.56. The van der Waals surface area contributed by atoms with Gasteiger partial charge >= 0.3 is 0 Å². The smallest absolute Gasteiger partial charge is 0.249 e. The molecule has 1 heterocycles. The molecular weight excluding hydrogens is 280 g/mol. The predicted octanol–water partition coefficient (Wildman–Crippen LogP) is 1.25. The largest absolute Gasteiger partial charge is 0.369 e. The molecule has 0 bridgehead atoms. The Labute approximate surface area is 130 Å². The molecule has 22 heavy (non-hydrogen) atoms. The van der Waals surface area contributed by atoms with Gasteiger partial charge in [-0.2, -0.15) is 0 Å². The molecule has 1 atom stereocenters. The summed E-state index contributed by atoms with van der Waals surface area (Å²) in [6, 6.07) is 7.50. The fourth-order valence-corrected chi connectivity index (χ4v) is 2.60. The van der Waals surface area contributed by atoms with Crippen molar-refractivity contribution in [3.63, 3.8) is 0 Å². The van der Waals surface area contributed by atoms with Gasteiger partial charge in [0.1, 0.15) is 12.6 Å². The monoisotopic (exact) mass is 302 g/mol. The van der Waals surface area contributed by atoms with Crippen molar-refractivity contribution in [1.82, 2.24) is 10.2 Å². The number of nitrogens with zero attached hydrogens (tertiary/aromatic N) is 1. The third-order valence-corrected chi connectivity index (χ3v) is 4.24. The third kappa shape index (κ3) is 3.65. The highest BCUT2D eigenvalue weighted by molar-refractivity contribution is 5.89. The van der Waals surface area contributed by atoms with Crippen molar-refractivity contribution in [3.05, 3.63) is 35.4 Å². The van der Waals surface area contributed by atoms with Crippen molar-refractivity contribution < 1.29 is 14.3 Å². The van der Waals surface area contributed by atoms with Gasteiger partial charge in [-0.05, 0) is 31.2 Å². The van der Waals surface area contributed by atoms with Gasteiger partial charge in [0.25, 0.3) is 0 Å². The summed E-state index contributed by atoms with van der Waals surface area (Å²) in [5.41, 5.74) is 2.21. The molecule has 1 aliphatic carbocycles. The minimum absolute atomic E-state index is 0.0538. The van der Waals surface area contributed by atoms with Crippen LogP contribution in [-0.2, 0) is 20.9 Å². The summed E-state index contributed by atoms with van der Waals surface area (Å²) in [4.78, 5) is 26.1. The molecule has 1 aliphatic heterocycles. The van der Waals surface area contributed by atoms with Crippen LogP contribution in [0.15, 0.2) is 24.3 Å². The molecule has 5 nitrogen and oxygen atoms in total. The molecule has 2 fully saturated rings. The normalized spacial score (nSPS) is 21.8. The summed E-state index contributed by atoms with van der Waals surface area (Å²) in [6.45, 7) is 3.51. The fourth-order valence-electron chi connectivity index (χ4n) is 2.60. The van der Waals surface area contributed by atoms with Crippen LogP contribution in [0.1, 0.15) is 24.0 Å². The quantitative estimate of drug-likeness (QED) is 0.890. The van der Waals surface area contributed by atoms with E-state index < -0.39 is 6.04 Å². The number of carbonyl (C=O) groups excluding carboxylic acids is 2. The Morgan fingerprint density at radius 1 is 1.32 bits per heavy atom. The Bertz CT molecular complexity index is 552. The molecule has 2 aliphatic rings. The zero-order valence-electron chi connectivity index (χ0n) is 12.9. The summed E-state index contributed by atoms with van der Waals surface area (Å²) < 4.78 is 5.27. The number of aryl methyl sites for hydroxylation is 1. The van der Waals surface area contributed by atoms with Crippen LogP contribution in [0.25, 0.3) is 0 Å². The van der Waals surface area contributed by atoms with Gasteiger partial charge in [-0.3, -0.25) is 9.59 Å². The van der Waals surface area contributed by atoms with Crippen LogP contribution in [-0.4, -0.2) is 42.5 Å². The van der Waals surface area contributed by atoms with Crippen LogP contribution < -0.4 is 5.32 Å². The van der Waals surface area contributed by atoms with Crippen LogP contribution in [0.4, 0.5) is 0 Å². The lowest BCUT2D eigenvalue weighted by Gasteiger charge is -2.34. The molecule has 1 aromatic rings. The van der Waals surface area contributed by atoms with E-state index in [9.17, 15) is 9.59 Å². The van der Waals surface area contributed by atoms with E-state index in [-0.39, 0.29) is 25.0 Å². The molecule has 3 rings (SSSR count). The highest BCUT2D eigenvalue weighted by Crippen LogP contribution is 2.27. The average Bonchev–Trinajstić information content (AvgIpc) is 3.33. The van der Waals surface area contributed by atoms with Crippen LogP contribution in [0.3, 0.4) is 0 Å². The summed E-state index contributed by atoms with van der Waals surface area (Å²) in [6.07, 6.45) is 2.38. The molecule has 0 unspecified atom stereocenters. The van der Waals surface area contributed by atoms with Crippen LogP contribution in [0.5, 0.6) is 0 Å². The Kier molecular flexibility index (Phi) is 4.43. The Hall–Kier alpha value is -1.88. The maximum atomic E-state index is 12.3.